The first kappa shape index (κ1) is 60.8. The zero-order chi connectivity index (χ0) is 43.7. The number of anilines is 1. The molecule has 0 heterocycles. The Morgan fingerprint density at radius 1 is 0.618 bits per heavy atom. The molecule has 0 spiro atoms. The van der Waals surface area contributed by atoms with Crippen molar-refractivity contribution in [2.24, 2.45) is 5.41 Å². The van der Waals surface area contributed by atoms with Gasteiger partial charge in [-0.25, -0.2) is 0 Å². The SMILES string of the molecule is C=C(Nc1cc(C(=C)NCCC)ccc1C)C1=CC=C(C)C1.C=CNC.CC(C)(C)C.CCCC.CCCC.CCCC.CCCC.Cc1ccccc1C. The molecule has 0 atom stereocenters. The van der Waals surface area contributed by atoms with Crippen LogP contribution in [-0.4, -0.2) is 13.6 Å². The van der Waals surface area contributed by atoms with Gasteiger partial charge in [0.1, 0.15) is 0 Å². The van der Waals surface area contributed by atoms with E-state index in [4.69, 9.17) is 0 Å². The summed E-state index contributed by atoms with van der Waals surface area (Å²) in [4.78, 5) is 0. The van der Waals surface area contributed by atoms with E-state index < -0.39 is 0 Å². The van der Waals surface area contributed by atoms with Crippen molar-refractivity contribution in [3.8, 4) is 0 Å². The van der Waals surface area contributed by atoms with Crippen LogP contribution in [0.25, 0.3) is 5.70 Å². The van der Waals surface area contributed by atoms with Crippen LogP contribution in [0.4, 0.5) is 5.69 Å². The monoisotopic (exact) mass is 762 g/mol. The maximum Gasteiger partial charge on any atom is 0.0420 e. The molecule has 0 bridgehead atoms. The zero-order valence-electron chi connectivity index (χ0n) is 40.2. The van der Waals surface area contributed by atoms with Crippen LogP contribution in [0.5, 0.6) is 0 Å². The lowest BCUT2D eigenvalue weighted by atomic mass is 10.0. The van der Waals surface area contributed by atoms with E-state index in [2.05, 4.69) is 208 Å². The van der Waals surface area contributed by atoms with Gasteiger partial charge in [-0.3, -0.25) is 0 Å². The molecule has 55 heavy (non-hydrogen) atoms. The largest absolute Gasteiger partial charge is 0.394 e. The quantitative estimate of drug-likeness (QED) is 0.202. The molecule has 0 unspecified atom stereocenters. The maximum absolute atomic E-state index is 4.18. The van der Waals surface area contributed by atoms with Crippen LogP contribution in [0.2, 0.25) is 0 Å². The molecule has 0 saturated carbocycles. The number of hydrogen-bond acceptors (Lipinski definition) is 3. The molecule has 3 heteroatoms. The molecule has 0 amide bonds. The van der Waals surface area contributed by atoms with Gasteiger partial charge >= 0.3 is 0 Å². The molecule has 0 fully saturated rings. The summed E-state index contributed by atoms with van der Waals surface area (Å²) < 4.78 is 0. The summed E-state index contributed by atoms with van der Waals surface area (Å²) in [5.41, 5.74) is 11.2. The van der Waals surface area contributed by atoms with E-state index >= 15 is 0 Å². The molecule has 2 aromatic rings. The van der Waals surface area contributed by atoms with Crippen molar-refractivity contribution in [2.75, 3.05) is 18.9 Å². The molecule has 0 saturated heterocycles. The fourth-order valence-electron chi connectivity index (χ4n) is 3.10. The number of hydrogen-bond donors (Lipinski definition) is 3. The fourth-order valence-corrected chi connectivity index (χ4v) is 3.10. The van der Waals surface area contributed by atoms with E-state index in [1.54, 1.807) is 6.20 Å². The summed E-state index contributed by atoms with van der Waals surface area (Å²) >= 11 is 0. The highest BCUT2D eigenvalue weighted by Gasteiger charge is 2.10. The van der Waals surface area contributed by atoms with Crippen molar-refractivity contribution in [3.05, 3.63) is 120 Å². The van der Waals surface area contributed by atoms with Crippen LogP contribution in [0.15, 0.2) is 97.4 Å². The molecule has 2 aromatic carbocycles. The minimum absolute atomic E-state index is 0.500. The van der Waals surface area contributed by atoms with E-state index in [0.29, 0.717) is 5.41 Å². The first-order chi connectivity index (χ1) is 25.9. The van der Waals surface area contributed by atoms with Crippen molar-refractivity contribution in [1.82, 2.24) is 10.6 Å². The third kappa shape index (κ3) is 46.6. The van der Waals surface area contributed by atoms with E-state index in [9.17, 15) is 0 Å². The molecule has 3 N–H and O–H groups in total. The second kappa shape index (κ2) is 43.3. The Morgan fingerprint density at radius 3 is 1.31 bits per heavy atom. The predicted octanol–water partition coefficient (Wildman–Crippen LogP) is 17.1. The van der Waals surface area contributed by atoms with Gasteiger partial charge in [0, 0.05) is 30.7 Å². The summed E-state index contributed by atoms with van der Waals surface area (Å²) in [6, 6.07) is 14.7. The Bertz CT molecular complexity index is 1190. The van der Waals surface area contributed by atoms with Gasteiger partial charge in [-0.05, 0) is 86.0 Å². The normalized spacial score (nSPS) is 10.4. The van der Waals surface area contributed by atoms with Crippen molar-refractivity contribution >= 4 is 11.4 Å². The molecule has 3 nitrogen and oxygen atoms in total. The van der Waals surface area contributed by atoms with Gasteiger partial charge in [-0.2, -0.15) is 0 Å². The Hall–Kier alpha value is -3.46. The average Bonchev–Trinajstić information content (AvgIpc) is 3.62. The number of benzene rings is 2. The summed E-state index contributed by atoms with van der Waals surface area (Å²) in [6.45, 7) is 49.4. The van der Waals surface area contributed by atoms with Crippen LogP contribution in [-0.2, 0) is 0 Å². The highest BCUT2D eigenvalue weighted by atomic mass is 14.9. The summed E-state index contributed by atoms with van der Waals surface area (Å²) in [7, 11) is 1.81. The Labute approximate surface area is 346 Å². The fraction of sp³-hybridized carbons (Fsp3) is 0.577. The van der Waals surface area contributed by atoms with Crippen molar-refractivity contribution in [2.45, 2.75) is 182 Å². The highest BCUT2D eigenvalue weighted by Crippen LogP contribution is 2.27. The van der Waals surface area contributed by atoms with Gasteiger partial charge in [0.2, 0.25) is 0 Å². The molecule has 1 aliphatic rings. The number of aryl methyl sites for hydroxylation is 3. The average molecular weight is 762 g/mol. The molecular weight excluding hydrogens is 667 g/mol. The van der Waals surface area contributed by atoms with Crippen molar-refractivity contribution in [1.29, 1.82) is 0 Å². The third-order valence-corrected chi connectivity index (χ3v) is 7.52. The highest BCUT2D eigenvalue weighted by molar-refractivity contribution is 5.69. The number of nitrogens with one attached hydrogen (secondary N) is 3. The van der Waals surface area contributed by atoms with E-state index in [0.717, 1.165) is 42.0 Å². The molecule has 318 valence electrons. The molecule has 0 aromatic heterocycles. The second-order valence-electron chi connectivity index (χ2n) is 15.5. The van der Waals surface area contributed by atoms with Crippen molar-refractivity contribution in [3.63, 3.8) is 0 Å². The minimum Gasteiger partial charge on any atom is -0.394 e. The number of rotatable bonds is 12. The van der Waals surface area contributed by atoms with E-state index in [-0.39, 0.29) is 0 Å². The summed E-state index contributed by atoms with van der Waals surface area (Å²) in [5.74, 6) is 0. The Kier molecular flexibility index (Phi) is 47.8. The van der Waals surface area contributed by atoms with Gasteiger partial charge in [-0.15, -0.1) is 0 Å². The van der Waals surface area contributed by atoms with Gasteiger partial charge in [0.05, 0.1) is 0 Å². The third-order valence-electron chi connectivity index (χ3n) is 7.52. The van der Waals surface area contributed by atoms with Crippen LogP contribution in [0.1, 0.15) is 183 Å². The number of allylic oxidation sites excluding steroid dienone is 4. The van der Waals surface area contributed by atoms with E-state index in [1.165, 1.54) is 79.2 Å². The maximum atomic E-state index is 4.18. The zero-order valence-corrected chi connectivity index (χ0v) is 40.2. The number of unbranched alkanes of at least 4 members (excludes halogenated alkanes) is 4. The summed E-state index contributed by atoms with van der Waals surface area (Å²) in [5, 5.41) is 9.50. The summed E-state index contributed by atoms with van der Waals surface area (Å²) in [6.07, 6.45) is 18.6. The standard InChI is InChI=1S/C20H26N2.C8H10.C5H12.4C4H10.C3H7N/c1-6-11-21-16(4)19-10-8-15(3)20(13-19)22-17(5)18-9-7-14(2)12-18;1-7-5-3-4-6-8(7)2;1-5(2,3)4;5*1-3-4-2/h7-10,13,21-22H,4-6,11-12H2,1-3H3;3-6H,1-2H3;1-4H3;4*3-4H2,1-2H3;3-4H,1H2,2H3. The topological polar surface area (TPSA) is 36.1 Å². The predicted molar refractivity (Wildman–Crippen MR) is 260 cm³/mol. The van der Waals surface area contributed by atoms with Gasteiger partial charge < -0.3 is 16.0 Å². The smallest absolute Gasteiger partial charge is 0.0420 e. The van der Waals surface area contributed by atoms with Crippen LogP contribution in [0, 0.1) is 26.2 Å². The van der Waals surface area contributed by atoms with Gasteiger partial charge in [0.25, 0.3) is 0 Å². The first-order valence-electron chi connectivity index (χ1n) is 21.6. The lowest BCUT2D eigenvalue weighted by Crippen LogP contribution is -2.12. The Morgan fingerprint density at radius 2 is 1.02 bits per heavy atom. The van der Waals surface area contributed by atoms with Gasteiger partial charge in [0.15, 0.2) is 0 Å². The lowest BCUT2D eigenvalue weighted by Gasteiger charge is -2.16. The van der Waals surface area contributed by atoms with Crippen molar-refractivity contribution < 1.29 is 0 Å². The van der Waals surface area contributed by atoms with Crippen LogP contribution in [0.3, 0.4) is 0 Å². The van der Waals surface area contributed by atoms with Gasteiger partial charge in [-0.1, -0.05) is 215 Å². The molecular formula is C52H95N3. The Balaban J connectivity index is -0.000000207. The molecule has 3 rings (SSSR count). The molecule has 0 aliphatic heterocycles. The molecule has 1 aliphatic carbocycles. The van der Waals surface area contributed by atoms with Crippen LogP contribution < -0.4 is 16.0 Å². The van der Waals surface area contributed by atoms with Crippen LogP contribution >= 0.6 is 0 Å². The van der Waals surface area contributed by atoms with E-state index in [1.807, 2.05) is 7.05 Å². The second-order valence-corrected chi connectivity index (χ2v) is 15.5. The molecule has 0 radical (unpaired) electrons. The minimum atomic E-state index is 0.500. The first-order valence-corrected chi connectivity index (χ1v) is 21.6. The lowest BCUT2D eigenvalue weighted by molar-refractivity contribution is 0.469.